The van der Waals surface area contributed by atoms with Gasteiger partial charge in [-0.2, -0.15) is 35.3 Å². The van der Waals surface area contributed by atoms with E-state index < -0.39 is 74.6 Å². The lowest BCUT2D eigenvalue weighted by Gasteiger charge is -2.43. The summed E-state index contributed by atoms with van der Waals surface area (Å²) < 4.78 is 28.3. The molecule has 2 rings (SSSR count). The molecule has 48 heavy (non-hydrogen) atoms. The first-order valence-electron chi connectivity index (χ1n) is 15.9. The van der Waals surface area contributed by atoms with Crippen LogP contribution in [0.5, 0.6) is 0 Å². The van der Waals surface area contributed by atoms with E-state index in [1.807, 2.05) is 13.2 Å². The monoisotopic (exact) mass is 749 g/mol. The third kappa shape index (κ3) is 15.4. The molecular formula is C28H55N5O12S3. The number of rotatable bonds is 24. The highest BCUT2D eigenvalue weighted by Crippen LogP contribution is 2.27. The van der Waals surface area contributed by atoms with Gasteiger partial charge in [0, 0.05) is 48.6 Å². The summed E-state index contributed by atoms with van der Waals surface area (Å²) in [5, 5.41) is 76.2. The van der Waals surface area contributed by atoms with Crippen LogP contribution in [-0.4, -0.2) is 184 Å². The Balaban J connectivity index is 1.77. The number of amides is 1. The largest absolute Gasteiger partial charge is 0.394 e. The van der Waals surface area contributed by atoms with Gasteiger partial charge in [0.05, 0.1) is 32.2 Å². The number of hydrogen-bond acceptors (Lipinski definition) is 18. The van der Waals surface area contributed by atoms with E-state index in [1.165, 1.54) is 11.8 Å². The Kier molecular flexibility index (Phi) is 22.4. The summed E-state index contributed by atoms with van der Waals surface area (Å²) >= 11 is 4.63. The summed E-state index contributed by atoms with van der Waals surface area (Å²) in [5.41, 5.74) is 2.59. The Morgan fingerprint density at radius 3 is 2.10 bits per heavy atom. The zero-order chi connectivity index (χ0) is 35.5. The Morgan fingerprint density at radius 1 is 0.875 bits per heavy atom. The summed E-state index contributed by atoms with van der Waals surface area (Å²) in [6.45, 7) is 2.29. The topological polar surface area (TPSA) is 271 Å². The van der Waals surface area contributed by atoms with E-state index >= 15 is 0 Å². The third-order valence-corrected chi connectivity index (χ3v) is 9.99. The van der Waals surface area contributed by atoms with Gasteiger partial charge in [-0.25, -0.2) is 0 Å². The van der Waals surface area contributed by atoms with E-state index in [9.17, 15) is 35.4 Å². The second-order valence-electron chi connectivity index (χ2n) is 11.3. The van der Waals surface area contributed by atoms with Crippen LogP contribution in [0.3, 0.4) is 0 Å². The van der Waals surface area contributed by atoms with Gasteiger partial charge in [0.25, 0.3) is 0 Å². The van der Waals surface area contributed by atoms with Crippen LogP contribution in [0.15, 0.2) is 0 Å². The highest BCUT2D eigenvalue weighted by atomic mass is 32.2. The molecule has 0 aliphatic carbocycles. The normalized spacial score (nSPS) is 31.4. The van der Waals surface area contributed by atoms with Crippen LogP contribution in [0.4, 0.5) is 0 Å². The van der Waals surface area contributed by atoms with Gasteiger partial charge in [0.1, 0.15) is 54.7 Å². The Hall–Kier alpha value is -0.530. The molecular weight excluding hydrogens is 695 g/mol. The van der Waals surface area contributed by atoms with E-state index in [2.05, 4.69) is 16.1 Å². The number of hydrogen-bond donors (Lipinski definition) is 11. The fraction of sp³-hybridized carbons (Fsp3) is 0.929. The van der Waals surface area contributed by atoms with E-state index in [-0.39, 0.29) is 25.2 Å². The van der Waals surface area contributed by atoms with Gasteiger partial charge in [-0.3, -0.25) is 21.5 Å². The Morgan fingerprint density at radius 2 is 1.48 bits per heavy atom. The van der Waals surface area contributed by atoms with Crippen LogP contribution in [0.1, 0.15) is 19.8 Å². The van der Waals surface area contributed by atoms with Crippen molar-refractivity contribution in [3.05, 3.63) is 0 Å². The fourth-order valence-corrected chi connectivity index (χ4v) is 6.46. The number of hydrazine groups is 1. The van der Waals surface area contributed by atoms with Crippen molar-refractivity contribution < 1.29 is 59.1 Å². The summed E-state index contributed by atoms with van der Waals surface area (Å²) in [5.74, 6) is 8.74. The molecule has 0 saturated carbocycles. The van der Waals surface area contributed by atoms with E-state index in [0.29, 0.717) is 54.8 Å². The number of carbonyl (C=O) groups is 1. The highest BCUT2D eigenvalue weighted by Gasteiger charge is 2.48. The summed E-state index contributed by atoms with van der Waals surface area (Å²) in [6.07, 6.45) is -10.6. The lowest BCUT2D eigenvalue weighted by atomic mass is 9.98. The first-order valence-corrected chi connectivity index (χ1v) is 19.6. The molecule has 11 atom stereocenters. The quantitative estimate of drug-likeness (QED) is 0.0152. The van der Waals surface area contributed by atoms with Crippen LogP contribution in [-0.2, 0) is 28.5 Å². The van der Waals surface area contributed by atoms with Gasteiger partial charge in [-0.15, -0.1) is 0 Å². The van der Waals surface area contributed by atoms with Crippen molar-refractivity contribution in [3.63, 3.8) is 0 Å². The van der Waals surface area contributed by atoms with Crippen molar-refractivity contribution >= 4 is 47.0 Å². The standard InChI is InChI=1S/C28H55N5O12S3/c1-16(33-30)3-4-20(35)32-6-10-48-12-8-42-26-24(39)21(36)17(13-34)45-28(26)43-14-18-22(37)23(38)25(27(40)44-18)41-7-11-47-9-5-31-19(29)15-46-2/h16-18,21-28,33-34,36-40H,3-15,30H2,1-2H3,(H2,29,31)(H,32,35)/t16?,17-,18-,21-,22-,23+,24+,25-,26-,27+,28+/m1/s1. The molecule has 12 N–H and O–H groups in total. The minimum absolute atomic E-state index is 0.0389. The molecule has 2 aliphatic rings. The number of nitrogens with one attached hydrogen (secondary N) is 4. The number of thioether (sulfide) groups is 3. The number of aliphatic hydroxyl groups excluding tert-OH is 6. The number of aliphatic hydroxyl groups is 6. The molecule has 0 aromatic carbocycles. The maximum absolute atomic E-state index is 11.9. The van der Waals surface area contributed by atoms with Crippen molar-refractivity contribution in [2.24, 2.45) is 5.84 Å². The lowest BCUT2D eigenvalue weighted by molar-refractivity contribution is -0.332. The molecule has 2 aliphatic heterocycles. The van der Waals surface area contributed by atoms with Crippen LogP contribution in [0.25, 0.3) is 0 Å². The molecule has 2 saturated heterocycles. The van der Waals surface area contributed by atoms with E-state index in [0.717, 1.165) is 5.75 Å². The molecule has 17 nitrogen and oxygen atoms in total. The molecule has 0 bridgehead atoms. The smallest absolute Gasteiger partial charge is 0.220 e. The van der Waals surface area contributed by atoms with E-state index in [1.54, 1.807) is 23.5 Å². The number of nitrogens with two attached hydrogens (primary N) is 1. The second-order valence-corrected chi connectivity index (χ2v) is 14.6. The van der Waals surface area contributed by atoms with Crippen molar-refractivity contribution in [1.29, 1.82) is 5.41 Å². The predicted octanol–water partition coefficient (Wildman–Crippen LogP) is -3.20. The third-order valence-electron chi connectivity index (χ3n) is 7.52. The minimum atomic E-state index is -1.57. The summed E-state index contributed by atoms with van der Waals surface area (Å²) in [6, 6.07) is 0.0389. The number of carbonyl (C=O) groups excluding carboxylic acids is 1. The van der Waals surface area contributed by atoms with Crippen LogP contribution in [0, 0.1) is 5.41 Å². The highest BCUT2D eigenvalue weighted by molar-refractivity contribution is 7.99. The van der Waals surface area contributed by atoms with Gasteiger partial charge >= 0.3 is 0 Å². The van der Waals surface area contributed by atoms with Crippen LogP contribution in [0.2, 0.25) is 0 Å². The minimum Gasteiger partial charge on any atom is -0.394 e. The summed E-state index contributed by atoms with van der Waals surface area (Å²) in [7, 11) is 0. The summed E-state index contributed by atoms with van der Waals surface area (Å²) in [4.78, 5) is 11.9. The van der Waals surface area contributed by atoms with Crippen LogP contribution >= 0.6 is 35.3 Å². The van der Waals surface area contributed by atoms with Crippen molar-refractivity contribution in [2.75, 3.05) is 74.5 Å². The van der Waals surface area contributed by atoms with E-state index in [4.69, 9.17) is 34.9 Å². The molecule has 282 valence electrons. The molecule has 0 aromatic rings. The van der Waals surface area contributed by atoms with Crippen molar-refractivity contribution in [2.45, 2.75) is 87.2 Å². The first kappa shape index (κ1) is 43.6. The maximum atomic E-state index is 11.9. The predicted molar refractivity (Wildman–Crippen MR) is 184 cm³/mol. The van der Waals surface area contributed by atoms with Crippen molar-refractivity contribution in [1.82, 2.24) is 16.1 Å². The van der Waals surface area contributed by atoms with Gasteiger partial charge in [0.15, 0.2) is 12.6 Å². The lowest BCUT2D eigenvalue weighted by Crippen LogP contribution is -2.62. The average Bonchev–Trinajstić information content (AvgIpc) is 3.07. The van der Waals surface area contributed by atoms with Crippen molar-refractivity contribution in [3.8, 4) is 0 Å². The fourth-order valence-electron chi connectivity index (χ4n) is 4.74. The molecule has 2 heterocycles. The SMILES string of the molecule is CSCC(=N)NCCSCCO[C@@H]1[C@@H](O)[C@H](O)[C@@H](CO[C@H]2O[C@H](CO)[C@@H](O)[C@H](O)[C@H]2OCCSCCNC(=O)CCC(C)NN)O[C@@H]1O. The van der Waals surface area contributed by atoms with Gasteiger partial charge < -0.3 is 65.0 Å². The molecule has 0 radical (unpaired) electrons. The zero-order valence-corrected chi connectivity index (χ0v) is 29.9. The molecule has 0 aromatic heterocycles. The average molecular weight is 750 g/mol. The Labute approximate surface area is 294 Å². The first-order chi connectivity index (χ1) is 23.0. The molecule has 2 fully saturated rings. The number of amidine groups is 1. The second kappa shape index (κ2) is 24.6. The Bertz CT molecular complexity index is 909. The molecule has 0 spiro atoms. The molecule has 1 amide bonds. The van der Waals surface area contributed by atoms with Gasteiger partial charge in [-0.05, 0) is 19.6 Å². The number of ether oxygens (including phenoxy) is 5. The zero-order valence-electron chi connectivity index (χ0n) is 27.5. The van der Waals surface area contributed by atoms with Crippen LogP contribution < -0.4 is 21.9 Å². The molecule has 1 unspecified atom stereocenters. The maximum Gasteiger partial charge on any atom is 0.220 e. The van der Waals surface area contributed by atoms with Gasteiger partial charge in [0.2, 0.25) is 5.91 Å². The molecule has 20 heteroatoms. The van der Waals surface area contributed by atoms with Gasteiger partial charge in [-0.1, -0.05) is 0 Å².